The molecule has 6 aromatic rings. The van der Waals surface area contributed by atoms with Crippen LogP contribution in [0.4, 0.5) is 20.3 Å². The molecule has 252 valence electrons. The highest BCUT2D eigenvalue weighted by Crippen LogP contribution is 2.28. The van der Waals surface area contributed by atoms with Crippen molar-refractivity contribution in [3.8, 4) is 34.9 Å². The van der Waals surface area contributed by atoms with E-state index in [0.717, 1.165) is 34.6 Å². The Morgan fingerprint density at radius 1 is 0.580 bits per heavy atom. The molecule has 0 radical (unpaired) electrons. The van der Waals surface area contributed by atoms with Gasteiger partial charge in [0.25, 0.3) is 0 Å². The monoisotopic (exact) mass is 676 g/mol. The van der Waals surface area contributed by atoms with Crippen LogP contribution in [0.25, 0.3) is 23.3 Å². The molecule has 8 rings (SSSR count). The lowest BCUT2D eigenvalue weighted by molar-refractivity contribution is 0.387. The maximum Gasteiger partial charge on any atom is 0.218 e. The first-order chi connectivity index (χ1) is 24.4. The molecule has 14 nitrogen and oxygen atoms in total. The molecule has 0 amide bonds. The zero-order valence-corrected chi connectivity index (χ0v) is 27.1. The zero-order chi connectivity index (χ0) is 34.5. The number of rotatable bonds is 6. The van der Waals surface area contributed by atoms with Crippen molar-refractivity contribution in [3.63, 3.8) is 0 Å². The molecular weight excluding hydrogens is 646 g/mol. The largest absolute Gasteiger partial charge is 0.496 e. The summed E-state index contributed by atoms with van der Waals surface area (Å²) >= 11 is 0. The van der Waals surface area contributed by atoms with Crippen molar-refractivity contribution in [2.75, 3.05) is 37.1 Å². The topological polar surface area (TPSA) is 154 Å². The van der Waals surface area contributed by atoms with Gasteiger partial charge >= 0.3 is 0 Å². The third-order valence-electron chi connectivity index (χ3n) is 8.04. The standard InChI is InChI=1S/2C17H15FN6O/c1-25-12-7-14(18)23-15(8-12)24-6-3-13-11(10-24)9-21-17(22-13)16-19-4-2-5-20-16;1-25-15-8-12(7-14(18)23-15)24-6-3-13-11(10-24)9-21-17(22-13)16-19-4-2-5-20-16/h2*2,4-5,7-9H,3,6,10H2,1H3. The van der Waals surface area contributed by atoms with E-state index in [-0.39, 0.29) is 5.88 Å². The van der Waals surface area contributed by atoms with Crippen LogP contribution in [0, 0.1) is 11.9 Å². The normalized spacial score (nSPS) is 13.4. The molecule has 6 aromatic heterocycles. The predicted octanol–water partition coefficient (Wildman–Crippen LogP) is 4.08. The Balaban J connectivity index is 0.000000157. The minimum absolute atomic E-state index is 0.258. The fourth-order valence-electron chi connectivity index (χ4n) is 5.58. The van der Waals surface area contributed by atoms with Gasteiger partial charge < -0.3 is 19.3 Å². The Kier molecular flexibility index (Phi) is 9.30. The van der Waals surface area contributed by atoms with Gasteiger partial charge in [0.05, 0.1) is 25.6 Å². The number of aromatic nitrogens is 10. The second-order valence-corrected chi connectivity index (χ2v) is 11.2. The van der Waals surface area contributed by atoms with Gasteiger partial charge in [0, 0.05) is 117 Å². The first-order valence-electron chi connectivity index (χ1n) is 15.6. The van der Waals surface area contributed by atoms with Gasteiger partial charge in [0.2, 0.25) is 17.8 Å². The van der Waals surface area contributed by atoms with Crippen LogP contribution in [-0.4, -0.2) is 77.1 Å². The van der Waals surface area contributed by atoms with Crippen LogP contribution in [0.5, 0.6) is 11.6 Å². The van der Waals surface area contributed by atoms with Gasteiger partial charge in [0.15, 0.2) is 23.3 Å². The SMILES string of the molecule is COc1cc(F)nc(N2CCc3nc(-c4ncccn4)ncc3C2)c1.COc1cc(N2CCc3nc(-c4ncccn4)ncc3C2)cc(F)n1. The Bertz CT molecular complexity index is 1960. The third-order valence-corrected chi connectivity index (χ3v) is 8.04. The van der Waals surface area contributed by atoms with Crippen molar-refractivity contribution < 1.29 is 18.3 Å². The van der Waals surface area contributed by atoms with E-state index in [9.17, 15) is 8.78 Å². The van der Waals surface area contributed by atoms with E-state index in [0.29, 0.717) is 67.5 Å². The van der Waals surface area contributed by atoms with Crippen molar-refractivity contribution in [2.24, 2.45) is 0 Å². The molecule has 0 aromatic carbocycles. The Morgan fingerprint density at radius 2 is 1.14 bits per heavy atom. The molecule has 0 aliphatic carbocycles. The maximum absolute atomic E-state index is 13.6. The second-order valence-electron chi connectivity index (χ2n) is 11.2. The lowest BCUT2D eigenvalue weighted by Gasteiger charge is -2.30. The Hall–Kier alpha value is -6.32. The van der Waals surface area contributed by atoms with Crippen molar-refractivity contribution in [1.82, 2.24) is 49.8 Å². The van der Waals surface area contributed by atoms with E-state index in [2.05, 4.69) is 54.7 Å². The average Bonchev–Trinajstić information content (AvgIpc) is 3.17. The summed E-state index contributed by atoms with van der Waals surface area (Å²) in [6.45, 7) is 2.55. The van der Waals surface area contributed by atoms with E-state index < -0.39 is 11.9 Å². The van der Waals surface area contributed by atoms with E-state index in [1.807, 2.05) is 4.90 Å². The number of nitrogens with zero attached hydrogens (tertiary/aromatic N) is 12. The molecule has 0 saturated heterocycles. The number of hydrogen-bond acceptors (Lipinski definition) is 14. The van der Waals surface area contributed by atoms with E-state index in [1.54, 1.807) is 61.4 Å². The van der Waals surface area contributed by atoms with Gasteiger partial charge in [-0.05, 0) is 12.1 Å². The molecule has 0 saturated carbocycles. The highest BCUT2D eigenvalue weighted by Gasteiger charge is 2.23. The number of halogens is 2. The summed E-state index contributed by atoms with van der Waals surface area (Å²) in [4.78, 5) is 46.3. The molecule has 0 atom stereocenters. The van der Waals surface area contributed by atoms with Crippen LogP contribution in [0.15, 0.2) is 73.6 Å². The highest BCUT2D eigenvalue weighted by atomic mass is 19.1. The number of ether oxygens (including phenoxy) is 2. The minimum Gasteiger partial charge on any atom is -0.496 e. The van der Waals surface area contributed by atoms with Crippen LogP contribution in [-0.2, 0) is 25.9 Å². The number of hydrogen-bond donors (Lipinski definition) is 0. The van der Waals surface area contributed by atoms with Crippen LogP contribution in [0.2, 0.25) is 0 Å². The molecule has 0 N–H and O–H groups in total. The molecule has 2 aliphatic rings. The smallest absolute Gasteiger partial charge is 0.218 e. The lowest BCUT2D eigenvalue weighted by atomic mass is 10.1. The van der Waals surface area contributed by atoms with Crippen LogP contribution >= 0.6 is 0 Å². The van der Waals surface area contributed by atoms with E-state index in [1.165, 1.54) is 26.4 Å². The fourth-order valence-corrected chi connectivity index (χ4v) is 5.58. The van der Waals surface area contributed by atoms with E-state index >= 15 is 0 Å². The number of fused-ring (bicyclic) bond motifs is 2. The molecule has 16 heteroatoms. The molecule has 0 bridgehead atoms. The average molecular weight is 677 g/mol. The summed E-state index contributed by atoms with van der Waals surface area (Å²) in [5.41, 5.74) is 4.64. The van der Waals surface area contributed by atoms with Crippen LogP contribution in [0.1, 0.15) is 22.5 Å². The lowest BCUT2D eigenvalue weighted by Crippen LogP contribution is -2.32. The molecule has 0 fully saturated rings. The Morgan fingerprint density at radius 3 is 1.72 bits per heavy atom. The van der Waals surface area contributed by atoms with Gasteiger partial charge in [-0.3, -0.25) is 0 Å². The second kappa shape index (κ2) is 14.4. The number of anilines is 2. The Labute approximate surface area is 285 Å². The van der Waals surface area contributed by atoms with Crippen LogP contribution < -0.4 is 19.3 Å². The predicted molar refractivity (Wildman–Crippen MR) is 177 cm³/mol. The van der Waals surface area contributed by atoms with Gasteiger partial charge in [-0.25, -0.2) is 44.9 Å². The summed E-state index contributed by atoms with van der Waals surface area (Å²) in [5, 5.41) is 0. The molecular formula is C34H30F2N12O2. The van der Waals surface area contributed by atoms with Crippen molar-refractivity contribution in [3.05, 3.63) is 108 Å². The van der Waals surface area contributed by atoms with Crippen LogP contribution in [0.3, 0.4) is 0 Å². The first-order valence-corrected chi connectivity index (χ1v) is 15.6. The van der Waals surface area contributed by atoms with Crippen molar-refractivity contribution in [2.45, 2.75) is 25.9 Å². The zero-order valence-electron chi connectivity index (χ0n) is 27.1. The molecule has 0 unspecified atom stereocenters. The number of methoxy groups -OCH3 is 2. The summed E-state index contributed by atoms with van der Waals surface area (Å²) in [5.74, 6) is 2.16. The third kappa shape index (κ3) is 7.23. The first kappa shape index (κ1) is 32.2. The maximum atomic E-state index is 13.6. The molecule has 2 aliphatic heterocycles. The minimum atomic E-state index is -0.562. The summed E-state index contributed by atoms with van der Waals surface area (Å²) in [6.07, 6.45) is 11.6. The van der Waals surface area contributed by atoms with Crippen molar-refractivity contribution in [1.29, 1.82) is 0 Å². The summed E-state index contributed by atoms with van der Waals surface area (Å²) in [6, 6.07) is 9.61. The number of pyridine rings is 2. The van der Waals surface area contributed by atoms with Gasteiger partial charge in [-0.1, -0.05) is 0 Å². The quantitative estimate of drug-likeness (QED) is 0.233. The van der Waals surface area contributed by atoms with Gasteiger partial charge in [0.1, 0.15) is 11.6 Å². The highest BCUT2D eigenvalue weighted by molar-refractivity contribution is 5.52. The van der Waals surface area contributed by atoms with Gasteiger partial charge in [-0.2, -0.15) is 13.8 Å². The molecule has 8 heterocycles. The van der Waals surface area contributed by atoms with Crippen molar-refractivity contribution >= 4 is 11.5 Å². The van der Waals surface area contributed by atoms with E-state index in [4.69, 9.17) is 9.47 Å². The molecule has 50 heavy (non-hydrogen) atoms. The summed E-state index contributed by atoms with van der Waals surface area (Å²) < 4.78 is 37.5. The van der Waals surface area contributed by atoms with Gasteiger partial charge in [-0.15, -0.1) is 0 Å². The fraction of sp³-hybridized carbons (Fsp3) is 0.235. The summed E-state index contributed by atoms with van der Waals surface area (Å²) in [7, 11) is 2.98. The molecule has 0 spiro atoms.